The maximum atomic E-state index is 11.7. The molecular formula is C20H32O3. The van der Waals surface area contributed by atoms with Gasteiger partial charge in [-0.05, 0) is 69.1 Å². The van der Waals surface area contributed by atoms with Gasteiger partial charge in [-0.1, -0.05) is 27.4 Å². The van der Waals surface area contributed by atoms with Gasteiger partial charge in [0.2, 0.25) is 0 Å². The Morgan fingerprint density at radius 3 is 2.13 bits per heavy atom. The van der Waals surface area contributed by atoms with Gasteiger partial charge in [-0.3, -0.25) is 0 Å². The van der Waals surface area contributed by atoms with Gasteiger partial charge in [-0.25, -0.2) is 4.79 Å². The number of esters is 1. The van der Waals surface area contributed by atoms with Gasteiger partial charge in [0.25, 0.3) is 0 Å². The Labute approximate surface area is 140 Å². The zero-order valence-electron chi connectivity index (χ0n) is 15.2. The summed E-state index contributed by atoms with van der Waals surface area (Å²) in [5.74, 6) is 0.716. The van der Waals surface area contributed by atoms with Crippen molar-refractivity contribution in [1.29, 1.82) is 0 Å². The highest BCUT2D eigenvalue weighted by atomic mass is 16.5. The second kappa shape index (κ2) is 5.34. The van der Waals surface area contributed by atoms with E-state index >= 15 is 0 Å². The van der Waals surface area contributed by atoms with Gasteiger partial charge in [-0.15, -0.1) is 0 Å². The SMILES string of the molecule is C=C(C)C(=O)OC1CCC([C@]2(O)C[C@H]3CC[C@]2(C)C3(C)C)CC1. The molecule has 3 aliphatic rings. The smallest absolute Gasteiger partial charge is 0.333 e. The first-order valence-electron chi connectivity index (χ1n) is 9.21. The molecule has 3 aliphatic carbocycles. The molecule has 1 N–H and O–H groups in total. The predicted molar refractivity (Wildman–Crippen MR) is 90.8 cm³/mol. The standard InChI is InChI=1S/C20H32O3/c1-13(2)17(21)23-16-8-6-14(7-9-16)20(22)12-15-10-11-19(20,5)18(15,3)4/h14-16,22H,1,6-12H2,2-5H3/t14?,15-,16?,19-,20-/m1/s1. The molecule has 0 amide bonds. The molecule has 3 rings (SSSR count). The number of ether oxygens (including phenoxy) is 1. The summed E-state index contributed by atoms with van der Waals surface area (Å²) in [4.78, 5) is 11.7. The number of carbonyl (C=O) groups is 1. The van der Waals surface area contributed by atoms with E-state index in [2.05, 4.69) is 27.4 Å². The molecule has 0 aromatic carbocycles. The minimum Gasteiger partial charge on any atom is -0.459 e. The van der Waals surface area contributed by atoms with Crippen LogP contribution in [-0.2, 0) is 9.53 Å². The third-order valence-corrected chi connectivity index (χ3v) is 7.92. The lowest BCUT2D eigenvalue weighted by Crippen LogP contribution is -2.53. The number of hydrogen-bond acceptors (Lipinski definition) is 3. The first-order chi connectivity index (χ1) is 10.6. The number of hydrogen-bond donors (Lipinski definition) is 1. The van der Waals surface area contributed by atoms with Gasteiger partial charge in [0.1, 0.15) is 6.10 Å². The normalized spacial score (nSPS) is 45.0. The molecule has 0 aromatic rings. The molecular weight excluding hydrogens is 288 g/mol. The molecule has 3 heteroatoms. The lowest BCUT2D eigenvalue weighted by atomic mass is 9.58. The molecule has 0 heterocycles. The van der Waals surface area contributed by atoms with Crippen molar-refractivity contribution in [3.05, 3.63) is 12.2 Å². The van der Waals surface area contributed by atoms with E-state index in [1.807, 2.05) is 0 Å². The van der Waals surface area contributed by atoms with Crippen molar-refractivity contribution in [2.45, 2.75) is 84.3 Å². The van der Waals surface area contributed by atoms with E-state index in [1.165, 1.54) is 6.42 Å². The average molecular weight is 320 g/mol. The summed E-state index contributed by atoms with van der Waals surface area (Å²) in [5.41, 5.74) is 0.178. The highest BCUT2D eigenvalue weighted by molar-refractivity contribution is 5.87. The van der Waals surface area contributed by atoms with E-state index in [1.54, 1.807) is 6.92 Å². The average Bonchev–Trinajstić information content (AvgIpc) is 2.80. The second-order valence-electron chi connectivity index (χ2n) is 9.08. The summed E-state index contributed by atoms with van der Waals surface area (Å²) in [7, 11) is 0. The molecule has 0 aromatic heterocycles. The topological polar surface area (TPSA) is 46.5 Å². The fourth-order valence-corrected chi connectivity index (χ4v) is 5.86. The van der Waals surface area contributed by atoms with Crippen LogP contribution in [0.4, 0.5) is 0 Å². The highest BCUT2D eigenvalue weighted by Gasteiger charge is 2.70. The van der Waals surface area contributed by atoms with Gasteiger partial charge in [0, 0.05) is 11.0 Å². The van der Waals surface area contributed by atoms with Crippen LogP contribution in [0.25, 0.3) is 0 Å². The molecule has 3 saturated carbocycles. The van der Waals surface area contributed by atoms with Crippen molar-refractivity contribution < 1.29 is 14.6 Å². The van der Waals surface area contributed by atoms with Crippen molar-refractivity contribution in [1.82, 2.24) is 0 Å². The van der Waals surface area contributed by atoms with Crippen LogP contribution in [0.15, 0.2) is 12.2 Å². The van der Waals surface area contributed by atoms with Crippen LogP contribution in [0.3, 0.4) is 0 Å². The summed E-state index contributed by atoms with van der Waals surface area (Å²) in [6.07, 6.45) is 7.02. The fraction of sp³-hybridized carbons (Fsp3) is 0.850. The molecule has 23 heavy (non-hydrogen) atoms. The van der Waals surface area contributed by atoms with Crippen molar-refractivity contribution in [3.63, 3.8) is 0 Å². The largest absolute Gasteiger partial charge is 0.459 e. The minimum atomic E-state index is -0.539. The number of fused-ring (bicyclic) bond motifs is 2. The first-order valence-corrected chi connectivity index (χ1v) is 9.21. The maximum absolute atomic E-state index is 11.7. The predicted octanol–water partition coefficient (Wildman–Crippen LogP) is 4.24. The van der Waals surface area contributed by atoms with Crippen molar-refractivity contribution >= 4 is 5.97 Å². The molecule has 3 atom stereocenters. The van der Waals surface area contributed by atoms with E-state index in [0.29, 0.717) is 17.4 Å². The molecule has 3 fully saturated rings. The maximum Gasteiger partial charge on any atom is 0.333 e. The third kappa shape index (κ3) is 2.30. The van der Waals surface area contributed by atoms with Gasteiger partial charge >= 0.3 is 5.97 Å². The first kappa shape index (κ1) is 17.0. The third-order valence-electron chi connectivity index (χ3n) is 7.92. The zero-order chi connectivity index (χ0) is 17.0. The van der Waals surface area contributed by atoms with Crippen molar-refractivity contribution in [2.24, 2.45) is 22.7 Å². The molecule has 3 nitrogen and oxygen atoms in total. The van der Waals surface area contributed by atoms with E-state index in [4.69, 9.17) is 4.74 Å². The Kier molecular flexibility index (Phi) is 3.95. The van der Waals surface area contributed by atoms with E-state index in [-0.39, 0.29) is 22.9 Å². The lowest BCUT2D eigenvalue weighted by molar-refractivity contribution is -0.156. The Morgan fingerprint density at radius 1 is 1.09 bits per heavy atom. The van der Waals surface area contributed by atoms with Crippen LogP contribution in [0.5, 0.6) is 0 Å². The van der Waals surface area contributed by atoms with Crippen LogP contribution >= 0.6 is 0 Å². The van der Waals surface area contributed by atoms with Gasteiger partial charge in [0.15, 0.2) is 0 Å². The lowest BCUT2D eigenvalue weighted by Gasteiger charge is -2.51. The van der Waals surface area contributed by atoms with Gasteiger partial charge in [0.05, 0.1) is 5.60 Å². The quantitative estimate of drug-likeness (QED) is 0.625. The molecule has 0 aliphatic heterocycles. The Morgan fingerprint density at radius 2 is 1.70 bits per heavy atom. The summed E-state index contributed by atoms with van der Waals surface area (Å²) in [6, 6.07) is 0. The molecule has 0 saturated heterocycles. The van der Waals surface area contributed by atoms with Crippen molar-refractivity contribution in [2.75, 3.05) is 0 Å². The van der Waals surface area contributed by atoms with Crippen LogP contribution in [-0.4, -0.2) is 22.8 Å². The molecule has 0 spiro atoms. The Hall–Kier alpha value is -0.830. The van der Waals surface area contributed by atoms with Gasteiger partial charge < -0.3 is 9.84 Å². The van der Waals surface area contributed by atoms with E-state index < -0.39 is 5.60 Å². The summed E-state index contributed by atoms with van der Waals surface area (Å²) < 4.78 is 5.50. The minimum absolute atomic E-state index is 0.00143. The monoisotopic (exact) mass is 320 g/mol. The Bertz CT molecular complexity index is 515. The summed E-state index contributed by atoms with van der Waals surface area (Å²) in [5, 5.41) is 11.6. The van der Waals surface area contributed by atoms with Crippen LogP contribution in [0.2, 0.25) is 0 Å². The summed E-state index contributed by atoms with van der Waals surface area (Å²) >= 11 is 0. The second-order valence-corrected chi connectivity index (χ2v) is 9.08. The fourth-order valence-electron chi connectivity index (χ4n) is 5.86. The van der Waals surface area contributed by atoms with Crippen LogP contribution in [0, 0.1) is 22.7 Å². The van der Waals surface area contributed by atoms with E-state index in [9.17, 15) is 9.90 Å². The van der Waals surface area contributed by atoms with E-state index in [0.717, 1.165) is 38.5 Å². The number of rotatable bonds is 3. The molecule has 2 bridgehead atoms. The molecule has 0 radical (unpaired) electrons. The molecule has 130 valence electrons. The zero-order valence-corrected chi connectivity index (χ0v) is 15.2. The van der Waals surface area contributed by atoms with Crippen LogP contribution in [0.1, 0.15) is 72.6 Å². The van der Waals surface area contributed by atoms with Crippen molar-refractivity contribution in [3.8, 4) is 0 Å². The summed E-state index contributed by atoms with van der Waals surface area (Å²) in [6.45, 7) is 12.3. The molecule has 0 unspecified atom stereocenters. The number of carbonyl (C=O) groups excluding carboxylic acids is 1. The number of aliphatic hydroxyl groups is 1. The van der Waals surface area contributed by atoms with Gasteiger partial charge in [-0.2, -0.15) is 0 Å². The highest BCUT2D eigenvalue weighted by Crippen LogP contribution is 2.72. The van der Waals surface area contributed by atoms with Crippen LogP contribution < -0.4 is 0 Å². The Balaban J connectivity index is 1.67.